The van der Waals surface area contributed by atoms with Crippen LogP contribution in [0.5, 0.6) is 0 Å². The third-order valence-corrected chi connectivity index (χ3v) is 11.3. The zero-order valence-electron chi connectivity index (χ0n) is 26.2. The van der Waals surface area contributed by atoms with Crippen molar-refractivity contribution >= 4 is 29.5 Å². The van der Waals surface area contributed by atoms with Crippen molar-refractivity contribution < 1.29 is 39.3 Å². The van der Waals surface area contributed by atoms with Crippen molar-refractivity contribution in [1.82, 2.24) is 10.6 Å². The summed E-state index contributed by atoms with van der Waals surface area (Å²) in [5.74, 6) is 0.0444. The molecule has 0 spiro atoms. The molecule has 0 aromatic heterocycles. The molecule has 11 nitrogen and oxygen atoms in total. The number of allylic oxidation sites excluding steroid dienone is 2. The maximum atomic E-state index is 12.8. The summed E-state index contributed by atoms with van der Waals surface area (Å²) in [5.41, 5.74) is 0.931. The van der Waals surface area contributed by atoms with E-state index >= 15 is 0 Å². The summed E-state index contributed by atoms with van der Waals surface area (Å²) in [7, 11) is 0. The van der Waals surface area contributed by atoms with Crippen molar-refractivity contribution in [2.75, 3.05) is 6.61 Å². The van der Waals surface area contributed by atoms with Crippen LogP contribution in [0.4, 0.5) is 0 Å². The van der Waals surface area contributed by atoms with Crippen LogP contribution in [0.2, 0.25) is 0 Å². The molecule has 0 bridgehead atoms. The van der Waals surface area contributed by atoms with E-state index in [9.17, 15) is 29.4 Å². The number of oxime groups is 1. The molecule has 0 aromatic rings. The van der Waals surface area contributed by atoms with Gasteiger partial charge in [-0.15, -0.1) is 6.42 Å². The Balaban J connectivity index is 1.34. The summed E-state index contributed by atoms with van der Waals surface area (Å²) in [6.45, 7) is 7.55. The zero-order valence-corrected chi connectivity index (χ0v) is 26.2. The lowest BCUT2D eigenvalue weighted by Gasteiger charge is -2.58. The first-order chi connectivity index (χ1) is 20.6. The third-order valence-electron chi connectivity index (χ3n) is 11.3. The molecular weight excluding hydrogens is 566 g/mol. The van der Waals surface area contributed by atoms with E-state index in [0.717, 1.165) is 44.2 Å². The van der Waals surface area contributed by atoms with Crippen LogP contribution in [0.25, 0.3) is 0 Å². The SMILES string of the molecule is C#C[C@@]1(O)CC[C@@H]2[C@@H]3CCC4=C/C(=N\OCC(=O)N[C@H](C(=O)N[C@@H](CCC(=O)O)C(=O)O)C(C)C)CC[C@]4(C)[C@H]3CC[C@@]21C. The minimum Gasteiger partial charge on any atom is -0.481 e. The van der Waals surface area contributed by atoms with Crippen LogP contribution in [0.15, 0.2) is 16.8 Å². The number of hydrogen-bond donors (Lipinski definition) is 5. The van der Waals surface area contributed by atoms with Crippen LogP contribution < -0.4 is 10.6 Å². The molecule has 11 heteroatoms. The van der Waals surface area contributed by atoms with Crippen molar-refractivity contribution in [1.29, 1.82) is 0 Å². The number of amides is 2. The Morgan fingerprint density at radius 1 is 1.07 bits per heavy atom. The lowest BCUT2D eigenvalue weighted by Crippen LogP contribution is -2.54. The highest BCUT2D eigenvalue weighted by atomic mass is 16.6. The predicted octanol–water partition coefficient (Wildman–Crippen LogP) is 3.26. The number of nitrogens with one attached hydrogen (secondary N) is 2. The van der Waals surface area contributed by atoms with Crippen molar-refractivity contribution in [3.63, 3.8) is 0 Å². The Kier molecular flexibility index (Phi) is 9.84. The van der Waals surface area contributed by atoms with Gasteiger partial charge >= 0.3 is 11.9 Å². The Morgan fingerprint density at radius 3 is 2.41 bits per heavy atom. The highest BCUT2D eigenvalue weighted by Gasteiger charge is 2.63. The fraction of sp³-hybridized carbons (Fsp3) is 0.727. The normalized spacial score (nSPS) is 34.8. The summed E-state index contributed by atoms with van der Waals surface area (Å²) in [5, 5.41) is 38.6. The van der Waals surface area contributed by atoms with E-state index in [2.05, 4.69) is 41.6 Å². The van der Waals surface area contributed by atoms with E-state index < -0.39 is 54.5 Å². The van der Waals surface area contributed by atoms with Gasteiger partial charge in [0.1, 0.15) is 17.7 Å². The van der Waals surface area contributed by atoms with Gasteiger partial charge in [-0.1, -0.05) is 44.3 Å². The molecule has 3 saturated carbocycles. The van der Waals surface area contributed by atoms with E-state index in [1.54, 1.807) is 13.8 Å². The molecule has 0 saturated heterocycles. The Labute approximate surface area is 259 Å². The molecule has 242 valence electrons. The molecule has 0 radical (unpaired) electrons. The van der Waals surface area contributed by atoms with Crippen molar-refractivity contribution in [3.05, 3.63) is 11.6 Å². The van der Waals surface area contributed by atoms with E-state index in [-0.39, 0.29) is 23.2 Å². The molecule has 44 heavy (non-hydrogen) atoms. The van der Waals surface area contributed by atoms with Gasteiger partial charge < -0.3 is 30.8 Å². The number of nitrogens with zero attached hydrogens (tertiary/aromatic N) is 1. The number of aliphatic carboxylic acids is 2. The first kappa shape index (κ1) is 33.5. The molecule has 0 unspecified atom stereocenters. The van der Waals surface area contributed by atoms with Gasteiger partial charge in [0.15, 0.2) is 6.61 Å². The summed E-state index contributed by atoms with van der Waals surface area (Å²) in [6, 6.07) is -2.42. The Hall–Kier alpha value is -3.39. The number of rotatable bonds is 11. The monoisotopic (exact) mass is 613 g/mol. The molecular formula is C33H47N3O8. The van der Waals surface area contributed by atoms with Crippen LogP contribution in [-0.2, 0) is 24.0 Å². The number of carbonyl (C=O) groups is 4. The van der Waals surface area contributed by atoms with Gasteiger partial charge in [-0.3, -0.25) is 14.4 Å². The number of terminal acetylenes is 1. The third kappa shape index (κ3) is 6.37. The minimum atomic E-state index is -1.39. The van der Waals surface area contributed by atoms with Crippen molar-refractivity contribution in [3.8, 4) is 12.3 Å². The van der Waals surface area contributed by atoms with Crippen LogP contribution in [-0.4, -0.2) is 69.1 Å². The van der Waals surface area contributed by atoms with Gasteiger partial charge in [0, 0.05) is 11.8 Å². The standard InChI is InChI=1S/C33H47N3O8/c1-6-33(43)16-13-24-22-8-7-20-17-21(11-14-31(20,4)23(22)12-15-32(24,33)5)36-44-18-26(37)35-28(19(2)3)29(40)34-25(30(41)42)9-10-27(38)39/h1,17,19,22-25,28,43H,7-16,18H2,2-5H3,(H,34,40)(H,35,37)(H,38,39)(H,41,42)/b36-21-/t22-,23+,24-,25+,28+,31+,32+,33-/m1/s1. The molecule has 4 aliphatic carbocycles. The second kappa shape index (κ2) is 12.9. The minimum absolute atomic E-state index is 0.0492. The lowest BCUT2D eigenvalue weighted by atomic mass is 9.46. The van der Waals surface area contributed by atoms with E-state index in [1.807, 2.05) is 0 Å². The van der Waals surface area contributed by atoms with Crippen LogP contribution in [0, 0.1) is 46.8 Å². The molecule has 2 amide bonds. The molecule has 0 heterocycles. The molecule has 4 aliphatic rings. The van der Waals surface area contributed by atoms with Crippen LogP contribution in [0.3, 0.4) is 0 Å². The van der Waals surface area contributed by atoms with Gasteiger partial charge in [-0.25, -0.2) is 4.79 Å². The number of fused-ring (bicyclic) bond motifs is 5. The van der Waals surface area contributed by atoms with Crippen LogP contribution in [0.1, 0.15) is 91.9 Å². The molecule has 5 N–H and O–H groups in total. The molecule has 0 aliphatic heterocycles. The topological polar surface area (TPSA) is 175 Å². The summed E-state index contributed by atoms with van der Waals surface area (Å²) in [4.78, 5) is 53.1. The highest BCUT2D eigenvalue weighted by molar-refractivity contribution is 5.96. The quantitative estimate of drug-likeness (QED) is 0.174. The summed E-state index contributed by atoms with van der Waals surface area (Å²) >= 11 is 0. The maximum Gasteiger partial charge on any atom is 0.326 e. The average Bonchev–Trinajstić information content (AvgIpc) is 3.24. The van der Waals surface area contributed by atoms with Gasteiger partial charge in [-0.05, 0) is 93.0 Å². The number of carboxylic acid groups (broad SMARTS) is 2. The fourth-order valence-electron chi connectivity index (χ4n) is 8.61. The first-order valence-corrected chi connectivity index (χ1v) is 15.8. The van der Waals surface area contributed by atoms with Crippen molar-refractivity contribution in [2.24, 2.45) is 39.7 Å². The van der Waals surface area contributed by atoms with Gasteiger partial charge in [0.2, 0.25) is 5.91 Å². The van der Waals surface area contributed by atoms with Gasteiger partial charge in [-0.2, -0.15) is 0 Å². The number of carbonyl (C=O) groups excluding carboxylic acids is 2. The second-order valence-electron chi connectivity index (χ2n) is 14.0. The summed E-state index contributed by atoms with van der Waals surface area (Å²) in [6.07, 6.45) is 14.5. The zero-order chi connectivity index (χ0) is 32.4. The van der Waals surface area contributed by atoms with E-state index in [1.165, 1.54) is 5.57 Å². The molecule has 8 atom stereocenters. The van der Waals surface area contributed by atoms with Crippen LogP contribution >= 0.6 is 0 Å². The number of hydrogen-bond acceptors (Lipinski definition) is 7. The summed E-state index contributed by atoms with van der Waals surface area (Å²) < 4.78 is 0. The Bertz CT molecular complexity index is 1270. The van der Waals surface area contributed by atoms with E-state index in [0.29, 0.717) is 30.6 Å². The highest BCUT2D eigenvalue weighted by Crippen LogP contribution is 2.67. The second-order valence-corrected chi connectivity index (χ2v) is 14.0. The molecule has 0 aromatic carbocycles. The number of carboxylic acids is 2. The van der Waals surface area contributed by atoms with E-state index in [4.69, 9.17) is 16.4 Å². The average molecular weight is 614 g/mol. The molecule has 3 fully saturated rings. The lowest BCUT2D eigenvalue weighted by molar-refractivity contribution is -0.143. The number of aliphatic hydroxyl groups is 1. The largest absolute Gasteiger partial charge is 0.481 e. The van der Waals surface area contributed by atoms with Gasteiger partial charge in [0.05, 0.1) is 5.71 Å². The maximum absolute atomic E-state index is 12.8. The smallest absolute Gasteiger partial charge is 0.326 e. The first-order valence-electron chi connectivity index (χ1n) is 15.8. The van der Waals surface area contributed by atoms with Crippen molar-refractivity contribution in [2.45, 2.75) is 110 Å². The van der Waals surface area contributed by atoms with Gasteiger partial charge in [0.25, 0.3) is 5.91 Å². The Morgan fingerprint density at radius 2 is 1.77 bits per heavy atom. The fourth-order valence-corrected chi connectivity index (χ4v) is 8.61. The predicted molar refractivity (Wildman–Crippen MR) is 162 cm³/mol. The molecule has 4 rings (SSSR count).